The van der Waals surface area contributed by atoms with E-state index in [0.717, 1.165) is 21.9 Å². The summed E-state index contributed by atoms with van der Waals surface area (Å²) >= 11 is 1.03. The van der Waals surface area contributed by atoms with Gasteiger partial charge >= 0.3 is 12.1 Å². The van der Waals surface area contributed by atoms with Crippen molar-refractivity contribution in [3.8, 4) is 21.8 Å². The molecule has 0 radical (unpaired) electrons. The molecular weight excluding hydrogens is 766 g/mol. The van der Waals surface area contributed by atoms with Crippen LogP contribution in [0, 0.1) is 5.41 Å². The fourth-order valence-electron chi connectivity index (χ4n) is 7.65. The first-order valence-electron chi connectivity index (χ1n) is 19.0. The van der Waals surface area contributed by atoms with Crippen LogP contribution in [0.15, 0.2) is 97.2 Å². The van der Waals surface area contributed by atoms with Gasteiger partial charge in [-0.3, -0.25) is 4.98 Å². The molecule has 0 spiro atoms. The molecule has 57 heavy (non-hydrogen) atoms. The Bertz CT molecular complexity index is 2280. The molecule has 300 valence electrons. The number of esters is 1. The number of carbonyl (C=O) groups excluding carboxylic acids is 1. The van der Waals surface area contributed by atoms with Gasteiger partial charge in [0.15, 0.2) is 0 Å². The van der Waals surface area contributed by atoms with Gasteiger partial charge in [-0.05, 0) is 88.5 Å². The van der Waals surface area contributed by atoms with E-state index in [1.165, 1.54) is 4.57 Å². The van der Waals surface area contributed by atoms with Crippen molar-refractivity contribution in [3.63, 3.8) is 0 Å². The van der Waals surface area contributed by atoms with Crippen molar-refractivity contribution in [2.75, 3.05) is 20.3 Å². The maximum Gasteiger partial charge on any atom is 0.406 e. The Morgan fingerprint density at radius 1 is 0.912 bits per heavy atom. The first kappa shape index (κ1) is 41.9. The molecule has 6 aromatic rings. The Labute approximate surface area is 337 Å². The van der Waals surface area contributed by atoms with E-state index < -0.39 is 38.5 Å². The summed E-state index contributed by atoms with van der Waals surface area (Å²) in [6.07, 6.45) is -3.07. The summed E-state index contributed by atoms with van der Waals surface area (Å²) < 4.78 is 67.8. The van der Waals surface area contributed by atoms with Crippen molar-refractivity contribution >= 4 is 47.1 Å². The normalized spacial score (nSPS) is 13.2. The van der Waals surface area contributed by atoms with Gasteiger partial charge in [0.25, 0.3) is 14.1 Å². The molecular formula is C44H49F3N4O4SSi. The number of carbonyl (C=O) groups is 1. The number of pyridine rings is 1. The number of aromatic nitrogens is 4. The molecule has 8 nitrogen and oxygen atoms in total. The molecule has 6 rings (SSSR count). The van der Waals surface area contributed by atoms with Crippen LogP contribution < -0.4 is 10.4 Å². The van der Waals surface area contributed by atoms with Crippen LogP contribution in [-0.2, 0) is 26.9 Å². The molecule has 3 aromatic carbocycles. The molecule has 3 aromatic heterocycles. The van der Waals surface area contributed by atoms with E-state index >= 15 is 0 Å². The zero-order chi connectivity index (χ0) is 41.2. The van der Waals surface area contributed by atoms with Crippen molar-refractivity contribution in [3.05, 3.63) is 114 Å². The molecule has 0 unspecified atom stereocenters. The number of nitrogens with zero attached hydrogens (tertiary/aromatic N) is 4. The number of fused-ring (bicyclic) bond motifs is 1. The van der Waals surface area contributed by atoms with Crippen LogP contribution in [0.4, 0.5) is 13.2 Å². The minimum absolute atomic E-state index is 0.0670. The average molecular weight is 815 g/mol. The van der Waals surface area contributed by atoms with E-state index in [1.807, 2.05) is 55.5 Å². The molecule has 0 amide bonds. The number of benzene rings is 3. The van der Waals surface area contributed by atoms with E-state index in [4.69, 9.17) is 13.9 Å². The molecule has 0 saturated heterocycles. The number of alkyl halides is 3. The van der Waals surface area contributed by atoms with Gasteiger partial charge in [0.1, 0.15) is 11.6 Å². The van der Waals surface area contributed by atoms with Crippen LogP contribution in [0.5, 0.6) is 0 Å². The summed E-state index contributed by atoms with van der Waals surface area (Å²) in [5.74, 6) is -0.706. The Kier molecular flexibility index (Phi) is 12.2. The van der Waals surface area contributed by atoms with Gasteiger partial charge < -0.3 is 18.5 Å². The zero-order valence-corrected chi connectivity index (χ0v) is 35.4. The highest BCUT2D eigenvalue weighted by atomic mass is 32.1. The molecule has 0 N–H and O–H groups in total. The highest BCUT2D eigenvalue weighted by Crippen LogP contribution is 2.44. The first-order valence-corrected chi connectivity index (χ1v) is 21.6. The van der Waals surface area contributed by atoms with E-state index in [-0.39, 0.29) is 17.5 Å². The summed E-state index contributed by atoms with van der Waals surface area (Å²) in [6, 6.07) is 29.6. The molecule has 0 aliphatic heterocycles. The molecule has 1 atom stereocenters. The van der Waals surface area contributed by atoms with Crippen molar-refractivity contribution in [2.24, 2.45) is 5.41 Å². The van der Waals surface area contributed by atoms with Crippen molar-refractivity contribution in [2.45, 2.75) is 78.8 Å². The van der Waals surface area contributed by atoms with Crippen LogP contribution in [0.1, 0.15) is 76.4 Å². The summed E-state index contributed by atoms with van der Waals surface area (Å²) in [4.78, 5) is 21.5. The zero-order valence-electron chi connectivity index (χ0n) is 33.6. The van der Waals surface area contributed by atoms with E-state index in [2.05, 4.69) is 73.2 Å². The monoisotopic (exact) mass is 814 g/mol. The molecule has 0 aliphatic carbocycles. The van der Waals surface area contributed by atoms with Crippen molar-refractivity contribution in [1.82, 2.24) is 18.9 Å². The SMILES string of the molecule is CCOC(=O)c1nsc(-c2ccc3c(c2)c(CC(C)(C)CO[Si](c2ccccc2)(c2ccccc2)C(C)(C)C)c(-c2cccnc2[C@H](C)OC)n3CC(F)(F)F)n1. The topological polar surface area (TPSA) is 88.4 Å². The summed E-state index contributed by atoms with van der Waals surface area (Å²) in [6.45, 7) is 13.7. The molecule has 0 bridgehead atoms. The van der Waals surface area contributed by atoms with E-state index in [1.54, 1.807) is 38.4 Å². The van der Waals surface area contributed by atoms with Crippen LogP contribution in [-0.4, -0.2) is 59.7 Å². The third-order valence-electron chi connectivity index (χ3n) is 10.2. The lowest BCUT2D eigenvalue weighted by Gasteiger charge is -2.44. The fraction of sp³-hybridized carbons (Fsp3) is 0.364. The summed E-state index contributed by atoms with van der Waals surface area (Å²) in [7, 11) is -1.41. The van der Waals surface area contributed by atoms with Gasteiger partial charge in [-0.2, -0.15) is 17.5 Å². The van der Waals surface area contributed by atoms with Gasteiger partial charge in [-0.25, -0.2) is 9.78 Å². The number of ether oxygens (including phenoxy) is 2. The highest BCUT2D eigenvalue weighted by Gasteiger charge is 2.51. The second-order valence-electron chi connectivity index (χ2n) is 16.0. The van der Waals surface area contributed by atoms with Crippen LogP contribution in [0.25, 0.3) is 32.7 Å². The van der Waals surface area contributed by atoms with Crippen molar-refractivity contribution < 1.29 is 31.9 Å². The number of hydrogen-bond donors (Lipinski definition) is 0. The minimum Gasteiger partial charge on any atom is -0.460 e. The number of methoxy groups -OCH3 is 1. The summed E-state index contributed by atoms with van der Waals surface area (Å²) in [5, 5.41) is 3.07. The van der Waals surface area contributed by atoms with Crippen molar-refractivity contribution in [1.29, 1.82) is 0 Å². The Morgan fingerprint density at radius 2 is 1.56 bits per heavy atom. The maximum atomic E-state index is 14.7. The molecule has 0 saturated carbocycles. The van der Waals surface area contributed by atoms with Gasteiger partial charge in [-0.15, -0.1) is 0 Å². The fourth-order valence-corrected chi connectivity index (χ4v) is 13.1. The molecule has 3 heterocycles. The number of hydrogen-bond acceptors (Lipinski definition) is 8. The molecule has 13 heteroatoms. The molecule has 0 fully saturated rings. The minimum atomic E-state index is -4.54. The van der Waals surface area contributed by atoms with Gasteiger partial charge in [0.2, 0.25) is 0 Å². The lowest BCUT2D eigenvalue weighted by Crippen LogP contribution is -2.67. The summed E-state index contributed by atoms with van der Waals surface area (Å²) in [5.41, 5.74) is 2.62. The second kappa shape index (κ2) is 16.7. The van der Waals surface area contributed by atoms with Crippen LogP contribution >= 0.6 is 11.5 Å². The molecule has 0 aliphatic rings. The van der Waals surface area contributed by atoms with Gasteiger partial charge in [-0.1, -0.05) is 95.3 Å². The third-order valence-corrected chi connectivity index (χ3v) is 16.0. The average Bonchev–Trinajstić information content (AvgIpc) is 3.78. The predicted octanol–water partition coefficient (Wildman–Crippen LogP) is 9.81. The first-order chi connectivity index (χ1) is 27.0. The lowest BCUT2D eigenvalue weighted by molar-refractivity contribution is -0.139. The number of halogens is 3. The third kappa shape index (κ3) is 8.76. The smallest absolute Gasteiger partial charge is 0.406 e. The van der Waals surface area contributed by atoms with Crippen LogP contribution in [0.2, 0.25) is 5.04 Å². The van der Waals surface area contributed by atoms with Crippen LogP contribution in [0.3, 0.4) is 0 Å². The Balaban J connectivity index is 1.55. The lowest BCUT2D eigenvalue weighted by atomic mass is 9.84. The second-order valence-corrected chi connectivity index (χ2v) is 21.1. The predicted molar refractivity (Wildman–Crippen MR) is 223 cm³/mol. The van der Waals surface area contributed by atoms with Gasteiger partial charge in [0.05, 0.1) is 24.1 Å². The van der Waals surface area contributed by atoms with E-state index in [0.29, 0.717) is 57.0 Å². The number of rotatable bonds is 14. The van der Waals surface area contributed by atoms with E-state index in [9.17, 15) is 18.0 Å². The highest BCUT2D eigenvalue weighted by molar-refractivity contribution is 7.09. The van der Waals surface area contributed by atoms with Gasteiger partial charge in [0, 0.05) is 41.9 Å². The standard InChI is InChI=1S/C44H49F3N4O4SSi/c1-9-54-41(52)39-49-40(56-50-39)30-22-23-36-34(25-30)35(38(51(36)27-44(45,46)47)33-21-16-24-48-37(33)29(2)53-8)26-43(6,7)28-55-57(42(3,4)5,31-17-12-10-13-18-31)32-19-14-11-15-20-32/h10-25,29H,9,26-28H2,1-8H3/t29-/m0/s1. The Hall–Kier alpha value is -4.69. The largest absolute Gasteiger partial charge is 0.460 e. The quantitative estimate of drug-likeness (QED) is 0.0800. The maximum absolute atomic E-state index is 14.7. The Morgan fingerprint density at radius 3 is 2.14 bits per heavy atom.